The van der Waals surface area contributed by atoms with E-state index >= 15 is 0 Å². The van der Waals surface area contributed by atoms with Crippen molar-refractivity contribution in [1.29, 1.82) is 5.26 Å². The highest BCUT2D eigenvalue weighted by Crippen LogP contribution is 2.36. The van der Waals surface area contributed by atoms with Gasteiger partial charge in [-0.2, -0.15) is 5.26 Å². The van der Waals surface area contributed by atoms with E-state index in [2.05, 4.69) is 15.9 Å². The van der Waals surface area contributed by atoms with Crippen molar-refractivity contribution in [3.8, 4) is 17.6 Å². The Morgan fingerprint density at radius 1 is 1.23 bits per heavy atom. The van der Waals surface area contributed by atoms with Gasteiger partial charge in [0.05, 0.1) is 25.9 Å². The highest BCUT2D eigenvalue weighted by molar-refractivity contribution is 9.10. The predicted molar refractivity (Wildman–Crippen MR) is 87.1 cm³/mol. The molecule has 0 bridgehead atoms. The SMILES string of the molecule is COc1cc(Br)cc(C=C(C#N)c2ccccc2F)c1OC. The van der Waals surface area contributed by atoms with Crippen molar-refractivity contribution < 1.29 is 13.9 Å². The monoisotopic (exact) mass is 361 g/mol. The molecular weight excluding hydrogens is 349 g/mol. The number of rotatable bonds is 4. The number of halogens is 2. The number of hydrogen-bond acceptors (Lipinski definition) is 3. The van der Waals surface area contributed by atoms with Gasteiger partial charge in [0, 0.05) is 15.6 Å². The molecule has 22 heavy (non-hydrogen) atoms. The Hall–Kier alpha value is -2.32. The lowest BCUT2D eigenvalue weighted by Crippen LogP contribution is -1.94. The van der Waals surface area contributed by atoms with Crippen LogP contribution in [0.2, 0.25) is 0 Å². The molecule has 0 saturated heterocycles. The van der Waals surface area contributed by atoms with E-state index in [9.17, 15) is 9.65 Å². The number of methoxy groups -OCH3 is 2. The molecule has 0 heterocycles. The van der Waals surface area contributed by atoms with E-state index in [4.69, 9.17) is 9.47 Å². The molecule has 0 fully saturated rings. The van der Waals surface area contributed by atoms with Gasteiger partial charge in [-0.05, 0) is 24.3 Å². The van der Waals surface area contributed by atoms with Crippen LogP contribution in [0.3, 0.4) is 0 Å². The maximum atomic E-state index is 13.9. The molecule has 5 heteroatoms. The van der Waals surface area contributed by atoms with Crippen molar-refractivity contribution in [2.24, 2.45) is 0 Å². The van der Waals surface area contributed by atoms with Crippen LogP contribution in [0.5, 0.6) is 11.5 Å². The zero-order valence-electron chi connectivity index (χ0n) is 12.1. The zero-order chi connectivity index (χ0) is 16.1. The van der Waals surface area contributed by atoms with Crippen molar-refractivity contribution in [2.45, 2.75) is 0 Å². The van der Waals surface area contributed by atoms with E-state index in [0.717, 1.165) is 4.47 Å². The first-order chi connectivity index (χ1) is 10.6. The van der Waals surface area contributed by atoms with E-state index in [1.54, 1.807) is 36.4 Å². The van der Waals surface area contributed by atoms with E-state index in [1.807, 2.05) is 6.07 Å². The lowest BCUT2D eigenvalue weighted by molar-refractivity contribution is 0.354. The Labute approximate surface area is 136 Å². The van der Waals surface area contributed by atoms with Gasteiger partial charge < -0.3 is 9.47 Å². The van der Waals surface area contributed by atoms with Gasteiger partial charge in [-0.15, -0.1) is 0 Å². The minimum atomic E-state index is -0.448. The molecular formula is C17H13BrFNO2. The highest BCUT2D eigenvalue weighted by atomic mass is 79.9. The molecule has 0 aromatic heterocycles. The molecule has 2 rings (SSSR count). The summed E-state index contributed by atoms with van der Waals surface area (Å²) in [7, 11) is 3.04. The van der Waals surface area contributed by atoms with Crippen molar-refractivity contribution in [3.63, 3.8) is 0 Å². The number of nitrogens with zero attached hydrogens (tertiary/aromatic N) is 1. The minimum absolute atomic E-state index is 0.205. The van der Waals surface area contributed by atoms with Crippen molar-refractivity contribution in [1.82, 2.24) is 0 Å². The third-order valence-electron chi connectivity index (χ3n) is 3.06. The van der Waals surface area contributed by atoms with Crippen molar-refractivity contribution in [2.75, 3.05) is 14.2 Å². The fraction of sp³-hybridized carbons (Fsp3) is 0.118. The lowest BCUT2D eigenvalue weighted by Gasteiger charge is -2.12. The first kappa shape index (κ1) is 16.1. The summed E-state index contributed by atoms with van der Waals surface area (Å²) in [6.45, 7) is 0. The Morgan fingerprint density at radius 2 is 1.95 bits per heavy atom. The van der Waals surface area contributed by atoms with Crippen molar-refractivity contribution in [3.05, 3.63) is 57.8 Å². The van der Waals surface area contributed by atoms with Crippen LogP contribution in [-0.4, -0.2) is 14.2 Å². The zero-order valence-corrected chi connectivity index (χ0v) is 13.6. The van der Waals surface area contributed by atoms with Gasteiger partial charge in [0.15, 0.2) is 11.5 Å². The minimum Gasteiger partial charge on any atom is -0.493 e. The fourth-order valence-corrected chi connectivity index (χ4v) is 2.53. The molecule has 0 saturated carbocycles. The quantitative estimate of drug-likeness (QED) is 0.586. The average molecular weight is 362 g/mol. The molecule has 0 spiro atoms. The van der Waals surface area contributed by atoms with E-state index in [-0.39, 0.29) is 11.1 Å². The number of nitriles is 1. The van der Waals surface area contributed by atoms with Crippen LogP contribution in [-0.2, 0) is 0 Å². The summed E-state index contributed by atoms with van der Waals surface area (Å²) < 4.78 is 25.2. The largest absolute Gasteiger partial charge is 0.493 e. The van der Waals surface area contributed by atoms with E-state index in [0.29, 0.717) is 17.1 Å². The Kier molecular flexibility index (Phi) is 5.18. The number of hydrogen-bond donors (Lipinski definition) is 0. The molecule has 0 radical (unpaired) electrons. The van der Waals surface area contributed by atoms with Crippen LogP contribution in [0, 0.1) is 17.1 Å². The van der Waals surface area contributed by atoms with Gasteiger partial charge in [-0.3, -0.25) is 0 Å². The third-order valence-corrected chi connectivity index (χ3v) is 3.51. The van der Waals surface area contributed by atoms with E-state index < -0.39 is 5.82 Å². The van der Waals surface area contributed by atoms with Gasteiger partial charge in [0.2, 0.25) is 0 Å². The molecule has 0 unspecified atom stereocenters. The first-order valence-electron chi connectivity index (χ1n) is 6.39. The van der Waals surface area contributed by atoms with Crippen LogP contribution in [0.15, 0.2) is 40.9 Å². The van der Waals surface area contributed by atoms with Crippen LogP contribution in [0.25, 0.3) is 11.6 Å². The fourth-order valence-electron chi connectivity index (χ4n) is 2.07. The first-order valence-corrected chi connectivity index (χ1v) is 7.18. The van der Waals surface area contributed by atoms with Gasteiger partial charge >= 0.3 is 0 Å². The summed E-state index contributed by atoms with van der Waals surface area (Å²) in [6, 6.07) is 11.7. The summed E-state index contributed by atoms with van der Waals surface area (Å²) in [6.07, 6.45) is 1.57. The predicted octanol–water partition coefficient (Wildman–Crippen LogP) is 4.67. The summed E-state index contributed by atoms with van der Waals surface area (Å²) >= 11 is 3.38. The van der Waals surface area contributed by atoms with Crippen LogP contribution >= 0.6 is 15.9 Å². The molecule has 112 valence electrons. The number of benzene rings is 2. The molecule has 2 aromatic carbocycles. The maximum absolute atomic E-state index is 13.9. The van der Waals surface area contributed by atoms with Gasteiger partial charge in [0.1, 0.15) is 5.82 Å². The lowest BCUT2D eigenvalue weighted by atomic mass is 10.0. The van der Waals surface area contributed by atoms with Gasteiger partial charge in [-0.25, -0.2) is 4.39 Å². The molecule has 3 nitrogen and oxygen atoms in total. The second-order valence-electron chi connectivity index (χ2n) is 4.38. The highest BCUT2D eigenvalue weighted by Gasteiger charge is 2.13. The molecule has 0 aliphatic carbocycles. The standard InChI is InChI=1S/C17H13BrFNO2/c1-21-16-9-13(18)8-11(17(16)22-2)7-12(10-20)14-5-3-4-6-15(14)19/h3-9H,1-2H3. The Balaban J connectivity index is 2.63. The second kappa shape index (κ2) is 7.10. The molecule has 0 amide bonds. The summed E-state index contributed by atoms with van der Waals surface area (Å²) in [4.78, 5) is 0. The number of ether oxygens (including phenoxy) is 2. The molecule has 0 aliphatic rings. The third kappa shape index (κ3) is 3.29. The Bertz CT molecular complexity index is 766. The summed E-state index contributed by atoms with van der Waals surface area (Å²) in [5.74, 6) is 0.556. The number of allylic oxidation sites excluding steroid dienone is 1. The summed E-state index contributed by atoms with van der Waals surface area (Å²) in [5, 5.41) is 9.36. The normalized spacial score (nSPS) is 11.0. The van der Waals surface area contributed by atoms with Crippen molar-refractivity contribution >= 4 is 27.6 Å². The van der Waals surface area contributed by atoms with Gasteiger partial charge in [0.25, 0.3) is 0 Å². The van der Waals surface area contributed by atoms with Crippen LogP contribution < -0.4 is 9.47 Å². The second-order valence-corrected chi connectivity index (χ2v) is 5.30. The Morgan fingerprint density at radius 3 is 2.55 bits per heavy atom. The van der Waals surface area contributed by atoms with E-state index in [1.165, 1.54) is 20.3 Å². The summed E-state index contributed by atoms with van der Waals surface area (Å²) in [5.41, 5.74) is 1.07. The van der Waals surface area contributed by atoms with Gasteiger partial charge in [-0.1, -0.05) is 34.1 Å². The topological polar surface area (TPSA) is 42.2 Å². The maximum Gasteiger partial charge on any atom is 0.168 e. The van der Waals surface area contributed by atoms with Crippen LogP contribution in [0.4, 0.5) is 4.39 Å². The average Bonchev–Trinajstić information content (AvgIpc) is 2.52. The molecule has 0 N–H and O–H groups in total. The molecule has 0 aliphatic heterocycles. The van der Waals surface area contributed by atoms with Crippen LogP contribution in [0.1, 0.15) is 11.1 Å². The smallest absolute Gasteiger partial charge is 0.168 e. The molecule has 0 atom stereocenters. The molecule has 2 aromatic rings.